The number of unbranched alkanes of at least 4 members (excludes halogenated alkanes) is 2. The van der Waals surface area contributed by atoms with Crippen molar-refractivity contribution < 1.29 is 40.3 Å². The first-order valence-electron chi connectivity index (χ1n) is 18.6. The lowest BCUT2D eigenvalue weighted by molar-refractivity contribution is -0.143. The number of nitrogens with zero attached hydrogens (tertiary/aromatic N) is 4. The van der Waals surface area contributed by atoms with E-state index < -0.39 is 35.0 Å². The van der Waals surface area contributed by atoms with Gasteiger partial charge in [0.1, 0.15) is 5.82 Å². The number of likely N-dealkylation sites (tertiary alicyclic amines) is 1. The number of hydrogen-bond donors (Lipinski definition) is 0. The first kappa shape index (κ1) is 42.2. The maximum atomic E-state index is 13.9. The second-order valence-electron chi connectivity index (χ2n) is 14.3. The van der Waals surface area contributed by atoms with Crippen molar-refractivity contribution in [2.24, 2.45) is 5.92 Å². The number of rotatable bonds is 14. The Morgan fingerprint density at radius 1 is 0.754 bits per heavy atom. The average Bonchev–Trinajstić information content (AvgIpc) is 3.54. The molecule has 4 aromatic carbocycles. The topological polar surface area (TPSA) is 58.4 Å². The Kier molecular flexibility index (Phi) is 13.3. The van der Waals surface area contributed by atoms with Crippen LogP contribution in [0.3, 0.4) is 0 Å². The molecule has 0 spiro atoms. The Morgan fingerprint density at radius 3 is 2.05 bits per heavy atom. The third kappa shape index (κ3) is 10.7. The summed E-state index contributed by atoms with van der Waals surface area (Å²) >= 11 is 12.1. The van der Waals surface area contributed by atoms with Crippen LogP contribution in [0.25, 0.3) is 11.0 Å². The number of imidazole rings is 1. The van der Waals surface area contributed by atoms with Crippen LogP contribution in [0.5, 0.6) is 0 Å². The summed E-state index contributed by atoms with van der Waals surface area (Å²) in [5.41, 5.74) is -0.759. The largest absolute Gasteiger partial charge is 0.416 e. The number of hydrogen-bond acceptors (Lipinski definition) is 4. The van der Waals surface area contributed by atoms with E-state index in [0.717, 1.165) is 17.5 Å². The smallest absolute Gasteiger partial charge is 0.338 e. The standard InChI is InChI=1S/C42H39Cl2F7N4O2/c43-34-13-10-27(22-35(34)44)14-21-54(40(57)30-23-31(41(46,47)48)25-32(24-30)42(49,50)51)18-5-1-4-17-53-19-15-29(16-20-53)38(56)39-52-36-6-2-3-7-37(36)55(39)26-28-8-11-33(45)12-9-28/h2-3,6-13,22-25,29H,1,4-5,14-21,26H2. The van der Waals surface area contributed by atoms with Crippen molar-refractivity contribution in [3.8, 4) is 0 Å². The highest BCUT2D eigenvalue weighted by molar-refractivity contribution is 6.42. The molecule has 1 aliphatic heterocycles. The predicted molar refractivity (Wildman–Crippen MR) is 205 cm³/mol. The summed E-state index contributed by atoms with van der Waals surface area (Å²) in [6.07, 6.45) is -6.86. The molecule has 6 rings (SSSR count). The average molecular weight is 836 g/mol. The molecule has 0 saturated carbocycles. The summed E-state index contributed by atoms with van der Waals surface area (Å²) in [7, 11) is 0. The van der Waals surface area contributed by atoms with Crippen LogP contribution in [0, 0.1) is 11.7 Å². The maximum Gasteiger partial charge on any atom is 0.416 e. The van der Waals surface area contributed by atoms with E-state index in [4.69, 9.17) is 28.2 Å². The summed E-state index contributed by atoms with van der Waals surface area (Å²) in [5, 5.41) is 0.585. The monoisotopic (exact) mass is 834 g/mol. The van der Waals surface area contributed by atoms with Crippen molar-refractivity contribution in [2.45, 2.75) is 57.4 Å². The minimum Gasteiger partial charge on any atom is -0.338 e. The SMILES string of the molecule is O=C(c1nc2ccccc2n1Cc1ccc(F)cc1)C1CCN(CCCCCN(CCc2ccc(Cl)c(Cl)c2)C(=O)c2cc(C(F)(F)F)cc(C(F)(F)F)c2)CC1. The van der Waals surface area contributed by atoms with Gasteiger partial charge in [-0.15, -0.1) is 0 Å². The van der Waals surface area contributed by atoms with Gasteiger partial charge in [0, 0.05) is 31.1 Å². The second kappa shape index (κ2) is 18.0. The Morgan fingerprint density at radius 2 is 1.40 bits per heavy atom. The van der Waals surface area contributed by atoms with Crippen LogP contribution in [-0.2, 0) is 25.3 Å². The number of carbonyl (C=O) groups excluding carboxylic acids is 2. The van der Waals surface area contributed by atoms with Crippen molar-refractivity contribution in [3.05, 3.63) is 134 Å². The molecule has 0 unspecified atom stereocenters. The van der Waals surface area contributed by atoms with Gasteiger partial charge in [-0.3, -0.25) is 9.59 Å². The zero-order chi connectivity index (χ0) is 40.9. The van der Waals surface area contributed by atoms with E-state index in [0.29, 0.717) is 85.9 Å². The van der Waals surface area contributed by atoms with Gasteiger partial charge < -0.3 is 14.4 Å². The molecule has 0 bridgehead atoms. The van der Waals surface area contributed by atoms with E-state index in [-0.39, 0.29) is 48.1 Å². The second-order valence-corrected chi connectivity index (χ2v) is 15.1. The number of piperidine rings is 1. The van der Waals surface area contributed by atoms with Gasteiger partial charge in [0.15, 0.2) is 5.82 Å². The molecular formula is C42H39Cl2F7N4O2. The zero-order valence-electron chi connectivity index (χ0n) is 30.7. The lowest BCUT2D eigenvalue weighted by atomic mass is 9.92. The van der Waals surface area contributed by atoms with E-state index >= 15 is 0 Å². The Bertz CT molecular complexity index is 2170. The molecule has 302 valence electrons. The van der Waals surface area contributed by atoms with E-state index in [1.165, 1.54) is 17.0 Å². The molecule has 6 nitrogen and oxygen atoms in total. The van der Waals surface area contributed by atoms with E-state index in [9.17, 15) is 40.3 Å². The Hall–Kier alpha value is -4.46. The van der Waals surface area contributed by atoms with Gasteiger partial charge in [0.2, 0.25) is 5.78 Å². The first-order valence-corrected chi connectivity index (χ1v) is 19.3. The van der Waals surface area contributed by atoms with Crippen LogP contribution in [0.2, 0.25) is 10.0 Å². The fourth-order valence-electron chi connectivity index (χ4n) is 7.15. The number of halogens is 9. The maximum absolute atomic E-state index is 13.9. The molecular weight excluding hydrogens is 796 g/mol. The van der Waals surface area contributed by atoms with E-state index in [1.54, 1.807) is 30.3 Å². The van der Waals surface area contributed by atoms with Gasteiger partial charge in [-0.25, -0.2) is 9.37 Å². The number of alkyl halides is 6. The highest BCUT2D eigenvalue weighted by Gasteiger charge is 2.38. The number of fused-ring (bicyclic) bond motifs is 1. The zero-order valence-corrected chi connectivity index (χ0v) is 32.2. The third-order valence-electron chi connectivity index (χ3n) is 10.3. The number of aromatic nitrogens is 2. The number of para-hydroxylation sites is 2. The summed E-state index contributed by atoms with van der Waals surface area (Å²) in [5.74, 6) is -1.18. The predicted octanol–water partition coefficient (Wildman–Crippen LogP) is 11.0. The Balaban J connectivity index is 1.05. The molecule has 0 N–H and O–H groups in total. The van der Waals surface area contributed by atoms with Gasteiger partial charge in [-0.05, 0) is 117 Å². The Labute approximate surface area is 335 Å². The quantitative estimate of drug-likeness (QED) is 0.0635. The summed E-state index contributed by atoms with van der Waals surface area (Å²) in [6.45, 7) is 2.57. The highest BCUT2D eigenvalue weighted by atomic mass is 35.5. The molecule has 1 aromatic heterocycles. The minimum atomic E-state index is -5.09. The first-order chi connectivity index (χ1) is 27.1. The highest BCUT2D eigenvalue weighted by Crippen LogP contribution is 2.37. The van der Waals surface area contributed by atoms with Gasteiger partial charge >= 0.3 is 12.4 Å². The van der Waals surface area contributed by atoms with Crippen LogP contribution >= 0.6 is 23.2 Å². The normalized spacial score (nSPS) is 14.3. The van der Waals surface area contributed by atoms with Crippen molar-refractivity contribution >= 4 is 45.9 Å². The number of benzene rings is 4. The van der Waals surface area contributed by atoms with E-state index in [1.807, 2.05) is 28.8 Å². The summed E-state index contributed by atoms with van der Waals surface area (Å²) in [6, 6.07) is 19.4. The van der Waals surface area contributed by atoms with Crippen LogP contribution in [0.1, 0.15) is 75.3 Å². The number of amides is 1. The van der Waals surface area contributed by atoms with Crippen LogP contribution < -0.4 is 0 Å². The van der Waals surface area contributed by atoms with Crippen molar-refractivity contribution in [1.29, 1.82) is 0 Å². The van der Waals surface area contributed by atoms with Crippen LogP contribution in [-0.4, -0.2) is 63.8 Å². The van der Waals surface area contributed by atoms with Crippen LogP contribution in [0.15, 0.2) is 84.9 Å². The number of Topliss-reactive ketones (excluding diaryl/α,β-unsaturated/α-hetero) is 1. The lowest BCUT2D eigenvalue weighted by Gasteiger charge is -2.31. The fraction of sp³-hybridized carbons (Fsp3) is 0.357. The van der Waals surface area contributed by atoms with Crippen molar-refractivity contribution in [3.63, 3.8) is 0 Å². The van der Waals surface area contributed by atoms with Crippen molar-refractivity contribution in [1.82, 2.24) is 19.4 Å². The molecule has 1 saturated heterocycles. The van der Waals surface area contributed by atoms with Crippen LogP contribution in [0.4, 0.5) is 30.7 Å². The molecule has 0 aliphatic carbocycles. The van der Waals surface area contributed by atoms with Gasteiger partial charge in [0.05, 0.1) is 32.2 Å². The lowest BCUT2D eigenvalue weighted by Crippen LogP contribution is -2.37. The molecule has 1 fully saturated rings. The molecule has 0 radical (unpaired) electrons. The van der Waals surface area contributed by atoms with Gasteiger partial charge in [-0.1, -0.05) is 60.0 Å². The molecule has 57 heavy (non-hydrogen) atoms. The molecule has 5 aromatic rings. The third-order valence-corrected chi connectivity index (χ3v) is 11.0. The van der Waals surface area contributed by atoms with Crippen molar-refractivity contribution in [2.75, 3.05) is 32.7 Å². The molecule has 1 aliphatic rings. The number of ketones is 1. The minimum absolute atomic E-state index is 0.00231. The fourth-order valence-corrected chi connectivity index (χ4v) is 7.47. The summed E-state index contributed by atoms with van der Waals surface area (Å²) in [4.78, 5) is 35.7. The van der Waals surface area contributed by atoms with Gasteiger partial charge in [-0.2, -0.15) is 26.3 Å². The molecule has 0 atom stereocenters. The molecule has 1 amide bonds. The molecule has 15 heteroatoms. The molecule has 2 heterocycles. The van der Waals surface area contributed by atoms with E-state index in [2.05, 4.69) is 4.90 Å². The summed E-state index contributed by atoms with van der Waals surface area (Å²) < 4.78 is 97.1. The van der Waals surface area contributed by atoms with Gasteiger partial charge in [0.25, 0.3) is 5.91 Å². The number of carbonyl (C=O) groups is 2.